The molecule has 3 rings (SSSR count). The number of rotatable bonds is 5. The minimum absolute atomic E-state index is 0.0838. The van der Waals surface area contributed by atoms with Gasteiger partial charge in [-0.05, 0) is 36.1 Å². The Balaban J connectivity index is 1.75. The molecule has 0 unspecified atom stereocenters. The lowest BCUT2D eigenvalue weighted by atomic mass is 10.1. The standard InChI is InChI=1S/C20H22N2O3S/c1-26-14-15-6-8-16(9-7-15)19(23)21-18-5-3-2-4-17(18)20(24)22-10-12-25-13-11-22/h2-9H,10-14H2,1H3,(H,21,23). The number of nitrogens with one attached hydrogen (secondary N) is 1. The molecule has 0 atom stereocenters. The molecule has 0 radical (unpaired) electrons. The minimum Gasteiger partial charge on any atom is -0.378 e. The van der Waals surface area contributed by atoms with Crippen molar-refractivity contribution in [2.75, 3.05) is 37.9 Å². The molecule has 2 aromatic carbocycles. The van der Waals surface area contributed by atoms with Crippen LogP contribution in [-0.4, -0.2) is 49.3 Å². The van der Waals surface area contributed by atoms with Crippen LogP contribution in [0.25, 0.3) is 0 Å². The van der Waals surface area contributed by atoms with Gasteiger partial charge in [0, 0.05) is 24.4 Å². The highest BCUT2D eigenvalue weighted by molar-refractivity contribution is 7.97. The molecule has 136 valence electrons. The van der Waals surface area contributed by atoms with Crippen molar-refractivity contribution in [3.8, 4) is 0 Å². The Bertz CT molecular complexity index is 771. The van der Waals surface area contributed by atoms with Crippen LogP contribution in [0.3, 0.4) is 0 Å². The fourth-order valence-electron chi connectivity index (χ4n) is 2.83. The maximum Gasteiger partial charge on any atom is 0.256 e. The predicted octanol–water partition coefficient (Wildman–Crippen LogP) is 3.27. The van der Waals surface area contributed by atoms with Crippen molar-refractivity contribution in [3.63, 3.8) is 0 Å². The van der Waals surface area contributed by atoms with Crippen molar-refractivity contribution in [1.82, 2.24) is 4.90 Å². The number of ether oxygens (including phenoxy) is 1. The van der Waals surface area contributed by atoms with E-state index in [1.54, 1.807) is 34.9 Å². The molecular weight excluding hydrogens is 348 g/mol. The smallest absolute Gasteiger partial charge is 0.256 e. The van der Waals surface area contributed by atoms with Gasteiger partial charge in [-0.2, -0.15) is 11.8 Å². The molecule has 0 aromatic heterocycles. The second kappa shape index (κ2) is 8.87. The van der Waals surface area contributed by atoms with Gasteiger partial charge in [0.25, 0.3) is 11.8 Å². The van der Waals surface area contributed by atoms with Crippen LogP contribution in [0.1, 0.15) is 26.3 Å². The van der Waals surface area contributed by atoms with E-state index in [0.29, 0.717) is 43.1 Å². The highest BCUT2D eigenvalue weighted by Gasteiger charge is 2.21. The molecule has 1 aliphatic heterocycles. The summed E-state index contributed by atoms with van der Waals surface area (Å²) in [7, 11) is 0. The highest BCUT2D eigenvalue weighted by atomic mass is 32.2. The molecule has 1 fully saturated rings. The zero-order valence-corrected chi connectivity index (χ0v) is 15.6. The summed E-state index contributed by atoms with van der Waals surface area (Å²) in [4.78, 5) is 27.1. The zero-order chi connectivity index (χ0) is 18.4. The maximum atomic E-state index is 12.8. The number of para-hydroxylation sites is 1. The van der Waals surface area contributed by atoms with Crippen molar-refractivity contribution >= 4 is 29.3 Å². The number of nitrogens with zero attached hydrogens (tertiary/aromatic N) is 1. The third-order valence-electron chi connectivity index (χ3n) is 4.23. The third kappa shape index (κ3) is 4.45. The number of amides is 2. The van der Waals surface area contributed by atoms with Gasteiger partial charge in [0.05, 0.1) is 24.5 Å². The quantitative estimate of drug-likeness (QED) is 0.878. The van der Waals surface area contributed by atoms with Gasteiger partial charge in [0.1, 0.15) is 0 Å². The van der Waals surface area contributed by atoms with Gasteiger partial charge in [-0.25, -0.2) is 0 Å². The van der Waals surface area contributed by atoms with E-state index < -0.39 is 0 Å². The molecular formula is C20H22N2O3S. The Labute approximate surface area is 157 Å². The van der Waals surface area contributed by atoms with Gasteiger partial charge < -0.3 is 15.0 Å². The molecule has 1 heterocycles. The van der Waals surface area contributed by atoms with E-state index in [-0.39, 0.29) is 11.8 Å². The fourth-order valence-corrected chi connectivity index (χ4v) is 3.35. The molecule has 0 bridgehead atoms. The summed E-state index contributed by atoms with van der Waals surface area (Å²) >= 11 is 1.74. The van der Waals surface area contributed by atoms with Gasteiger partial charge in [0.15, 0.2) is 0 Å². The first-order chi connectivity index (χ1) is 12.7. The average Bonchev–Trinajstić information content (AvgIpc) is 2.69. The summed E-state index contributed by atoms with van der Waals surface area (Å²) in [5.41, 5.74) is 2.78. The number of carbonyl (C=O) groups excluding carboxylic acids is 2. The number of hydrogen-bond donors (Lipinski definition) is 1. The Morgan fingerprint density at radius 2 is 1.77 bits per heavy atom. The van der Waals surface area contributed by atoms with Crippen molar-refractivity contribution in [1.29, 1.82) is 0 Å². The van der Waals surface area contributed by atoms with Crippen LogP contribution in [0.2, 0.25) is 0 Å². The van der Waals surface area contributed by atoms with Gasteiger partial charge >= 0.3 is 0 Å². The monoisotopic (exact) mass is 370 g/mol. The molecule has 0 aliphatic carbocycles. The largest absolute Gasteiger partial charge is 0.378 e. The Hall–Kier alpha value is -2.31. The van der Waals surface area contributed by atoms with Crippen molar-refractivity contribution in [2.45, 2.75) is 5.75 Å². The lowest BCUT2D eigenvalue weighted by Gasteiger charge is -2.27. The minimum atomic E-state index is -0.220. The number of carbonyl (C=O) groups is 2. The third-order valence-corrected chi connectivity index (χ3v) is 4.85. The van der Waals surface area contributed by atoms with E-state index in [1.807, 2.05) is 36.6 Å². The van der Waals surface area contributed by atoms with Crippen LogP contribution < -0.4 is 5.32 Å². The number of benzene rings is 2. The van der Waals surface area contributed by atoms with E-state index in [1.165, 1.54) is 5.56 Å². The van der Waals surface area contributed by atoms with Crippen LogP contribution in [0.4, 0.5) is 5.69 Å². The second-order valence-corrected chi connectivity index (χ2v) is 6.90. The van der Waals surface area contributed by atoms with Gasteiger partial charge in [-0.15, -0.1) is 0 Å². The summed E-state index contributed by atoms with van der Waals surface area (Å²) < 4.78 is 5.30. The molecule has 1 saturated heterocycles. The van der Waals surface area contributed by atoms with Crippen LogP contribution in [0.15, 0.2) is 48.5 Å². The van der Waals surface area contributed by atoms with Gasteiger partial charge in [-0.1, -0.05) is 24.3 Å². The van der Waals surface area contributed by atoms with E-state index >= 15 is 0 Å². The molecule has 5 nitrogen and oxygen atoms in total. The first kappa shape index (κ1) is 18.5. The SMILES string of the molecule is CSCc1ccc(C(=O)Nc2ccccc2C(=O)N2CCOCC2)cc1. The molecule has 0 spiro atoms. The Kier molecular flexibility index (Phi) is 6.30. The Morgan fingerprint density at radius 1 is 1.08 bits per heavy atom. The van der Waals surface area contributed by atoms with E-state index in [9.17, 15) is 9.59 Å². The summed E-state index contributed by atoms with van der Waals surface area (Å²) in [5.74, 6) is 0.612. The molecule has 2 aromatic rings. The van der Waals surface area contributed by atoms with E-state index in [2.05, 4.69) is 5.32 Å². The molecule has 1 aliphatic rings. The predicted molar refractivity (Wildman–Crippen MR) is 105 cm³/mol. The van der Waals surface area contributed by atoms with Gasteiger partial charge in [-0.3, -0.25) is 9.59 Å². The molecule has 26 heavy (non-hydrogen) atoms. The van der Waals surface area contributed by atoms with E-state index in [4.69, 9.17) is 4.74 Å². The summed E-state index contributed by atoms with van der Waals surface area (Å²) in [6.07, 6.45) is 2.04. The molecule has 1 N–H and O–H groups in total. The lowest BCUT2D eigenvalue weighted by Crippen LogP contribution is -2.41. The van der Waals surface area contributed by atoms with Crippen molar-refractivity contribution in [2.24, 2.45) is 0 Å². The normalized spacial score (nSPS) is 14.1. The first-order valence-electron chi connectivity index (χ1n) is 8.54. The summed E-state index contributed by atoms with van der Waals surface area (Å²) in [6, 6.07) is 14.7. The van der Waals surface area contributed by atoms with Crippen LogP contribution in [0, 0.1) is 0 Å². The fraction of sp³-hybridized carbons (Fsp3) is 0.300. The average molecular weight is 370 g/mol. The molecule has 2 amide bonds. The van der Waals surface area contributed by atoms with Crippen molar-refractivity contribution in [3.05, 3.63) is 65.2 Å². The Morgan fingerprint density at radius 3 is 2.46 bits per heavy atom. The second-order valence-electron chi connectivity index (χ2n) is 6.03. The molecule has 0 saturated carbocycles. The number of hydrogen-bond acceptors (Lipinski definition) is 4. The number of thioether (sulfide) groups is 1. The lowest BCUT2D eigenvalue weighted by molar-refractivity contribution is 0.0303. The maximum absolute atomic E-state index is 12.8. The van der Waals surface area contributed by atoms with Crippen LogP contribution in [0.5, 0.6) is 0 Å². The number of morpholine rings is 1. The van der Waals surface area contributed by atoms with E-state index in [0.717, 1.165) is 5.75 Å². The zero-order valence-electron chi connectivity index (χ0n) is 14.7. The topological polar surface area (TPSA) is 58.6 Å². The van der Waals surface area contributed by atoms with Crippen LogP contribution >= 0.6 is 11.8 Å². The highest BCUT2D eigenvalue weighted by Crippen LogP contribution is 2.19. The van der Waals surface area contributed by atoms with Gasteiger partial charge in [0.2, 0.25) is 0 Å². The van der Waals surface area contributed by atoms with Crippen LogP contribution in [-0.2, 0) is 10.5 Å². The molecule has 6 heteroatoms. The number of anilines is 1. The first-order valence-corrected chi connectivity index (χ1v) is 9.93. The summed E-state index contributed by atoms with van der Waals surface area (Å²) in [5, 5.41) is 2.88. The summed E-state index contributed by atoms with van der Waals surface area (Å²) in [6.45, 7) is 2.22. The van der Waals surface area contributed by atoms with Crippen molar-refractivity contribution < 1.29 is 14.3 Å².